The van der Waals surface area contributed by atoms with Gasteiger partial charge < -0.3 is 4.57 Å². The van der Waals surface area contributed by atoms with Crippen molar-refractivity contribution < 1.29 is 0 Å². The molecule has 0 N–H and O–H groups in total. The Morgan fingerprint density at radius 2 is 2.04 bits per heavy atom. The molecule has 1 aromatic carbocycles. The summed E-state index contributed by atoms with van der Waals surface area (Å²) < 4.78 is 2.28. The van der Waals surface area contributed by atoms with Crippen LogP contribution in [-0.4, -0.2) is 14.8 Å². The van der Waals surface area contributed by atoms with E-state index in [0.29, 0.717) is 0 Å². The summed E-state index contributed by atoms with van der Waals surface area (Å²) in [5.74, 6) is 2.83. The maximum absolute atomic E-state index is 6.06. The van der Waals surface area contributed by atoms with Crippen LogP contribution in [0.1, 0.15) is 50.4 Å². The molecule has 0 radical (unpaired) electrons. The monoisotopic (exact) mass is 349 g/mol. The van der Waals surface area contributed by atoms with Crippen LogP contribution in [0.2, 0.25) is 5.02 Å². The smallest absolute Gasteiger partial charge is 0.191 e. The van der Waals surface area contributed by atoms with Crippen molar-refractivity contribution in [2.24, 2.45) is 5.92 Å². The Balaban J connectivity index is 1.65. The van der Waals surface area contributed by atoms with E-state index in [0.717, 1.165) is 40.6 Å². The number of hydrogen-bond donors (Lipinski definition) is 0. The predicted octanol–water partition coefficient (Wildman–Crippen LogP) is 5.37. The molecule has 0 atom stereocenters. The fourth-order valence-electron chi connectivity index (χ4n) is 3.32. The molecule has 1 aliphatic rings. The van der Waals surface area contributed by atoms with E-state index in [1.54, 1.807) is 11.8 Å². The van der Waals surface area contributed by atoms with Crippen LogP contribution in [0.15, 0.2) is 29.4 Å². The predicted molar refractivity (Wildman–Crippen MR) is 97.0 cm³/mol. The topological polar surface area (TPSA) is 30.7 Å². The number of halogens is 1. The molecule has 0 bridgehead atoms. The second-order valence-electron chi connectivity index (χ2n) is 6.27. The zero-order valence-corrected chi connectivity index (χ0v) is 15.2. The molecular formula is C18H24ClN3S. The molecule has 0 spiro atoms. The van der Waals surface area contributed by atoms with Gasteiger partial charge in [0.1, 0.15) is 5.82 Å². The molecule has 23 heavy (non-hydrogen) atoms. The lowest BCUT2D eigenvalue weighted by Crippen LogP contribution is -2.13. The second-order valence-corrected chi connectivity index (χ2v) is 7.65. The van der Waals surface area contributed by atoms with Crippen LogP contribution in [0.5, 0.6) is 0 Å². The minimum atomic E-state index is 0.790. The number of thioether (sulfide) groups is 1. The summed E-state index contributed by atoms with van der Waals surface area (Å²) in [6.45, 7) is 3.12. The van der Waals surface area contributed by atoms with Crippen molar-refractivity contribution in [1.29, 1.82) is 0 Å². The fraction of sp³-hybridized carbons (Fsp3) is 0.556. The molecule has 3 rings (SSSR count). The molecule has 124 valence electrons. The van der Waals surface area contributed by atoms with E-state index < -0.39 is 0 Å². The van der Waals surface area contributed by atoms with Crippen molar-refractivity contribution in [3.05, 3.63) is 40.7 Å². The van der Waals surface area contributed by atoms with Gasteiger partial charge in [0.2, 0.25) is 0 Å². The molecule has 2 aromatic rings. The highest BCUT2D eigenvalue weighted by atomic mass is 35.5. The SMILES string of the molecule is CCn1c(CC2CCCCC2)nnc1SCc1cccc(Cl)c1. The lowest BCUT2D eigenvalue weighted by molar-refractivity contribution is 0.347. The molecule has 5 heteroatoms. The number of rotatable bonds is 6. The number of nitrogens with zero attached hydrogens (tertiary/aromatic N) is 3. The normalized spacial score (nSPS) is 15.9. The Morgan fingerprint density at radius 3 is 2.78 bits per heavy atom. The van der Waals surface area contributed by atoms with Gasteiger partial charge in [0.15, 0.2) is 5.16 Å². The highest BCUT2D eigenvalue weighted by Crippen LogP contribution is 2.28. The van der Waals surface area contributed by atoms with E-state index in [4.69, 9.17) is 11.6 Å². The molecule has 0 unspecified atom stereocenters. The largest absolute Gasteiger partial charge is 0.306 e. The minimum absolute atomic E-state index is 0.790. The van der Waals surface area contributed by atoms with E-state index in [9.17, 15) is 0 Å². The Labute approximate surface area is 147 Å². The Morgan fingerprint density at radius 1 is 1.22 bits per heavy atom. The molecule has 0 aliphatic heterocycles. The zero-order chi connectivity index (χ0) is 16.1. The van der Waals surface area contributed by atoms with Crippen molar-refractivity contribution in [3.8, 4) is 0 Å². The summed E-state index contributed by atoms with van der Waals surface area (Å²) in [5.41, 5.74) is 1.22. The first-order valence-electron chi connectivity index (χ1n) is 8.55. The summed E-state index contributed by atoms with van der Waals surface area (Å²) >= 11 is 7.80. The van der Waals surface area contributed by atoms with Crippen molar-refractivity contribution in [2.45, 2.75) is 62.9 Å². The van der Waals surface area contributed by atoms with Gasteiger partial charge >= 0.3 is 0 Å². The van der Waals surface area contributed by atoms with Crippen LogP contribution in [0, 0.1) is 5.92 Å². The summed E-state index contributed by atoms with van der Waals surface area (Å²) in [5, 5.41) is 10.7. The van der Waals surface area contributed by atoms with Crippen molar-refractivity contribution >= 4 is 23.4 Å². The van der Waals surface area contributed by atoms with Gasteiger partial charge in [-0.2, -0.15) is 0 Å². The molecule has 0 amide bonds. The van der Waals surface area contributed by atoms with Crippen LogP contribution in [0.3, 0.4) is 0 Å². The highest BCUT2D eigenvalue weighted by Gasteiger charge is 2.19. The van der Waals surface area contributed by atoms with E-state index in [2.05, 4.69) is 27.8 Å². The summed E-state index contributed by atoms with van der Waals surface area (Å²) in [7, 11) is 0. The summed E-state index contributed by atoms with van der Waals surface area (Å²) in [4.78, 5) is 0. The van der Waals surface area contributed by atoms with E-state index in [1.165, 1.54) is 37.7 Å². The lowest BCUT2D eigenvalue weighted by atomic mass is 9.87. The third-order valence-electron chi connectivity index (χ3n) is 4.56. The van der Waals surface area contributed by atoms with Gasteiger partial charge in [-0.1, -0.05) is 67.6 Å². The van der Waals surface area contributed by atoms with Gasteiger partial charge in [-0.25, -0.2) is 0 Å². The first-order valence-corrected chi connectivity index (χ1v) is 9.92. The average Bonchev–Trinajstić information content (AvgIpc) is 2.95. The Bertz CT molecular complexity index is 635. The maximum Gasteiger partial charge on any atom is 0.191 e. The molecule has 1 saturated carbocycles. The van der Waals surface area contributed by atoms with Crippen molar-refractivity contribution in [3.63, 3.8) is 0 Å². The van der Waals surface area contributed by atoms with E-state index in [-0.39, 0.29) is 0 Å². The maximum atomic E-state index is 6.06. The number of hydrogen-bond acceptors (Lipinski definition) is 3. The first-order chi connectivity index (χ1) is 11.3. The standard InChI is InChI=1S/C18H24ClN3S/c1-2-22-17(12-14-7-4-3-5-8-14)20-21-18(22)23-13-15-9-6-10-16(19)11-15/h6,9-11,14H,2-5,7-8,12-13H2,1H3. The van der Waals surface area contributed by atoms with E-state index >= 15 is 0 Å². The van der Waals surface area contributed by atoms with Crippen molar-refractivity contribution in [2.75, 3.05) is 0 Å². The van der Waals surface area contributed by atoms with Gasteiger partial charge in [-0.3, -0.25) is 0 Å². The van der Waals surface area contributed by atoms with Crippen LogP contribution in [0.25, 0.3) is 0 Å². The number of aromatic nitrogens is 3. The lowest BCUT2D eigenvalue weighted by Gasteiger charge is -2.21. The van der Waals surface area contributed by atoms with Crippen molar-refractivity contribution in [1.82, 2.24) is 14.8 Å². The summed E-state index contributed by atoms with van der Waals surface area (Å²) in [6, 6.07) is 8.03. The highest BCUT2D eigenvalue weighted by molar-refractivity contribution is 7.98. The van der Waals surface area contributed by atoms with E-state index in [1.807, 2.05) is 18.2 Å². The second kappa shape index (κ2) is 8.20. The average molecular weight is 350 g/mol. The van der Waals surface area contributed by atoms with Gasteiger partial charge in [-0.05, 0) is 30.5 Å². The Hall–Kier alpha value is -1.00. The van der Waals surface area contributed by atoms with Gasteiger partial charge in [0.25, 0.3) is 0 Å². The molecule has 1 aliphatic carbocycles. The third-order valence-corrected chi connectivity index (χ3v) is 5.84. The minimum Gasteiger partial charge on any atom is -0.306 e. The molecular weight excluding hydrogens is 326 g/mol. The van der Waals surface area contributed by atoms with Gasteiger partial charge in [0, 0.05) is 23.7 Å². The van der Waals surface area contributed by atoms with Crippen LogP contribution < -0.4 is 0 Å². The van der Waals surface area contributed by atoms with Crippen LogP contribution in [-0.2, 0) is 18.7 Å². The Kier molecular flexibility index (Phi) is 6.01. The van der Waals surface area contributed by atoms with Gasteiger partial charge in [0.05, 0.1) is 0 Å². The fourth-order valence-corrected chi connectivity index (χ4v) is 4.50. The first kappa shape index (κ1) is 16.8. The quantitative estimate of drug-likeness (QED) is 0.657. The molecule has 1 heterocycles. The molecule has 0 saturated heterocycles. The van der Waals surface area contributed by atoms with Gasteiger partial charge in [-0.15, -0.1) is 10.2 Å². The summed E-state index contributed by atoms with van der Waals surface area (Å²) in [6.07, 6.45) is 7.93. The molecule has 1 fully saturated rings. The molecule has 1 aromatic heterocycles. The van der Waals surface area contributed by atoms with Crippen LogP contribution in [0.4, 0.5) is 0 Å². The zero-order valence-electron chi connectivity index (χ0n) is 13.7. The number of benzene rings is 1. The molecule has 3 nitrogen and oxygen atoms in total. The van der Waals surface area contributed by atoms with Crippen LogP contribution >= 0.6 is 23.4 Å². The third kappa shape index (κ3) is 4.51.